The van der Waals surface area contributed by atoms with Crippen molar-refractivity contribution < 1.29 is 13.9 Å². The number of aromatic nitrogens is 1. The molecule has 1 aromatic heterocycles. The number of nitriles is 1. The van der Waals surface area contributed by atoms with Crippen LogP contribution in [0, 0.1) is 17.1 Å². The van der Waals surface area contributed by atoms with Crippen LogP contribution in [0.4, 0.5) is 10.1 Å². The first-order valence-corrected chi connectivity index (χ1v) is 6.92. The number of benzene rings is 1. The Morgan fingerprint density at radius 1 is 1.57 bits per heavy atom. The van der Waals surface area contributed by atoms with Crippen LogP contribution in [-0.2, 0) is 22.6 Å². The Hall–Kier alpha value is -2.30. The van der Waals surface area contributed by atoms with E-state index in [9.17, 15) is 9.18 Å². The Labute approximate surface area is 125 Å². The summed E-state index contributed by atoms with van der Waals surface area (Å²) in [5, 5.41) is 13.9. The van der Waals surface area contributed by atoms with E-state index in [4.69, 9.17) is 10.00 Å². The van der Waals surface area contributed by atoms with Crippen molar-refractivity contribution in [2.45, 2.75) is 13.0 Å². The highest BCUT2D eigenvalue weighted by Crippen LogP contribution is 2.15. The third-order valence-corrected chi connectivity index (χ3v) is 3.45. The number of hydrogen-bond donors (Lipinski definition) is 1. The first-order valence-electron chi connectivity index (χ1n) is 6.04. The van der Waals surface area contributed by atoms with Crippen molar-refractivity contribution >= 4 is 22.9 Å². The van der Waals surface area contributed by atoms with Crippen LogP contribution in [-0.4, -0.2) is 18.0 Å². The largest absolute Gasteiger partial charge is 0.378 e. The van der Waals surface area contributed by atoms with Crippen molar-refractivity contribution in [2.24, 2.45) is 0 Å². The fourth-order valence-corrected chi connectivity index (χ4v) is 2.44. The number of thiazole rings is 1. The summed E-state index contributed by atoms with van der Waals surface area (Å²) >= 11 is 1.42. The Balaban J connectivity index is 1.99. The normalized spacial score (nSPS) is 10.1. The first-order chi connectivity index (χ1) is 10.1. The van der Waals surface area contributed by atoms with Gasteiger partial charge in [-0.3, -0.25) is 4.79 Å². The van der Waals surface area contributed by atoms with E-state index in [0.29, 0.717) is 18.0 Å². The number of carbonyl (C=O) groups is 1. The molecule has 0 aliphatic rings. The van der Waals surface area contributed by atoms with Crippen molar-refractivity contribution in [1.29, 1.82) is 5.26 Å². The SMILES string of the molecule is COCc1nc(CC(=O)Nc2ccc(F)c(C#N)c2)cs1. The lowest BCUT2D eigenvalue weighted by molar-refractivity contribution is -0.115. The number of rotatable bonds is 5. The topological polar surface area (TPSA) is 75.0 Å². The molecule has 7 heteroatoms. The van der Waals surface area contributed by atoms with Crippen molar-refractivity contribution in [3.8, 4) is 6.07 Å². The maximum atomic E-state index is 13.2. The minimum Gasteiger partial charge on any atom is -0.378 e. The molecule has 1 N–H and O–H groups in total. The van der Waals surface area contributed by atoms with Crippen LogP contribution in [0.15, 0.2) is 23.6 Å². The molecular formula is C14H12FN3O2S. The summed E-state index contributed by atoms with van der Waals surface area (Å²) in [4.78, 5) is 16.1. The Bertz CT molecular complexity index is 694. The monoisotopic (exact) mass is 305 g/mol. The van der Waals surface area contributed by atoms with Gasteiger partial charge < -0.3 is 10.1 Å². The highest BCUT2D eigenvalue weighted by atomic mass is 32.1. The van der Waals surface area contributed by atoms with E-state index in [1.807, 2.05) is 0 Å². The average molecular weight is 305 g/mol. The van der Waals surface area contributed by atoms with Gasteiger partial charge in [-0.05, 0) is 18.2 Å². The second-order valence-electron chi connectivity index (χ2n) is 4.20. The molecule has 108 valence electrons. The number of ether oxygens (including phenoxy) is 1. The average Bonchev–Trinajstić information content (AvgIpc) is 2.88. The van der Waals surface area contributed by atoms with Crippen molar-refractivity contribution in [3.05, 3.63) is 45.7 Å². The van der Waals surface area contributed by atoms with Crippen LogP contribution < -0.4 is 5.32 Å². The number of halogens is 1. The number of hydrogen-bond acceptors (Lipinski definition) is 5. The summed E-state index contributed by atoms with van der Waals surface area (Å²) in [5.74, 6) is -0.890. The van der Waals surface area contributed by atoms with E-state index in [0.717, 1.165) is 11.1 Å². The minimum absolute atomic E-state index is 0.108. The van der Waals surface area contributed by atoms with Crippen molar-refractivity contribution in [3.63, 3.8) is 0 Å². The molecule has 2 rings (SSSR count). The molecule has 0 radical (unpaired) electrons. The lowest BCUT2D eigenvalue weighted by Gasteiger charge is -2.04. The molecular weight excluding hydrogens is 293 g/mol. The van der Waals surface area contributed by atoms with Gasteiger partial charge in [-0.25, -0.2) is 9.37 Å². The molecule has 0 saturated heterocycles. The van der Waals surface area contributed by atoms with Gasteiger partial charge in [0.1, 0.15) is 16.9 Å². The number of carbonyl (C=O) groups excluding carboxylic acids is 1. The summed E-state index contributed by atoms with van der Waals surface area (Å²) in [6.07, 6.45) is 0.111. The van der Waals surface area contributed by atoms with Crippen LogP contribution in [0.3, 0.4) is 0 Å². The maximum Gasteiger partial charge on any atom is 0.230 e. The molecule has 0 spiro atoms. The van der Waals surface area contributed by atoms with Crippen LogP contribution in [0.5, 0.6) is 0 Å². The third kappa shape index (κ3) is 4.08. The van der Waals surface area contributed by atoms with Crippen LogP contribution >= 0.6 is 11.3 Å². The Morgan fingerprint density at radius 2 is 2.38 bits per heavy atom. The summed E-state index contributed by atoms with van der Waals surface area (Å²) < 4.78 is 18.1. The molecule has 21 heavy (non-hydrogen) atoms. The van der Waals surface area contributed by atoms with E-state index < -0.39 is 5.82 Å². The molecule has 0 unspecified atom stereocenters. The second kappa shape index (κ2) is 6.92. The summed E-state index contributed by atoms with van der Waals surface area (Å²) in [6, 6.07) is 5.58. The van der Waals surface area contributed by atoms with E-state index >= 15 is 0 Å². The number of methoxy groups -OCH3 is 1. The second-order valence-corrected chi connectivity index (χ2v) is 5.14. The van der Waals surface area contributed by atoms with Crippen LogP contribution in [0.25, 0.3) is 0 Å². The van der Waals surface area contributed by atoms with Gasteiger partial charge in [0.05, 0.1) is 24.3 Å². The van der Waals surface area contributed by atoms with E-state index in [-0.39, 0.29) is 17.9 Å². The van der Waals surface area contributed by atoms with Gasteiger partial charge in [0.25, 0.3) is 0 Å². The highest BCUT2D eigenvalue weighted by Gasteiger charge is 2.09. The van der Waals surface area contributed by atoms with E-state index in [1.54, 1.807) is 18.6 Å². The Kier molecular flexibility index (Phi) is 4.98. The van der Waals surface area contributed by atoms with Crippen LogP contribution in [0.1, 0.15) is 16.3 Å². The van der Waals surface area contributed by atoms with Crippen molar-refractivity contribution in [2.75, 3.05) is 12.4 Å². The molecule has 0 aliphatic carbocycles. The van der Waals surface area contributed by atoms with Gasteiger partial charge in [0.15, 0.2) is 0 Å². The number of amides is 1. The predicted molar refractivity (Wildman–Crippen MR) is 76.3 cm³/mol. The fourth-order valence-electron chi connectivity index (χ4n) is 1.68. The molecule has 2 aromatic rings. The summed E-state index contributed by atoms with van der Waals surface area (Å²) in [6.45, 7) is 0.412. The molecule has 0 bridgehead atoms. The lowest BCUT2D eigenvalue weighted by Crippen LogP contribution is -2.14. The smallest absolute Gasteiger partial charge is 0.230 e. The van der Waals surface area contributed by atoms with Gasteiger partial charge >= 0.3 is 0 Å². The van der Waals surface area contributed by atoms with Crippen LogP contribution in [0.2, 0.25) is 0 Å². The van der Waals surface area contributed by atoms with Gasteiger partial charge in [-0.2, -0.15) is 5.26 Å². The van der Waals surface area contributed by atoms with Gasteiger partial charge in [-0.15, -0.1) is 11.3 Å². The zero-order valence-corrected chi connectivity index (χ0v) is 12.0. The fraction of sp³-hybridized carbons (Fsp3) is 0.214. The van der Waals surface area contributed by atoms with Gasteiger partial charge in [0, 0.05) is 18.2 Å². The summed E-state index contributed by atoms with van der Waals surface area (Å²) in [5.41, 5.74) is 0.918. The highest BCUT2D eigenvalue weighted by molar-refractivity contribution is 7.09. The predicted octanol–water partition coefficient (Wildman–Crippen LogP) is 2.48. The molecule has 0 fully saturated rings. The number of anilines is 1. The number of nitrogens with one attached hydrogen (secondary N) is 1. The third-order valence-electron chi connectivity index (χ3n) is 2.58. The molecule has 0 atom stereocenters. The molecule has 0 aliphatic heterocycles. The standard InChI is InChI=1S/C14H12FN3O2S/c1-20-7-14-18-11(8-21-14)5-13(19)17-10-2-3-12(15)9(4-10)6-16/h2-4,8H,5,7H2,1H3,(H,17,19). The molecule has 1 aromatic carbocycles. The molecule has 1 heterocycles. The lowest BCUT2D eigenvalue weighted by atomic mass is 10.2. The van der Waals surface area contributed by atoms with Gasteiger partial charge in [-0.1, -0.05) is 0 Å². The summed E-state index contributed by atoms with van der Waals surface area (Å²) in [7, 11) is 1.58. The number of nitrogens with zero attached hydrogens (tertiary/aromatic N) is 2. The molecule has 5 nitrogen and oxygen atoms in total. The molecule has 0 saturated carbocycles. The zero-order chi connectivity index (χ0) is 15.2. The first kappa shape index (κ1) is 15.1. The van der Waals surface area contributed by atoms with Crippen molar-refractivity contribution in [1.82, 2.24) is 4.98 Å². The maximum absolute atomic E-state index is 13.2. The Morgan fingerprint density at radius 3 is 3.10 bits per heavy atom. The van der Waals surface area contributed by atoms with Gasteiger partial charge in [0.2, 0.25) is 5.91 Å². The van der Waals surface area contributed by atoms with E-state index in [2.05, 4.69) is 10.3 Å². The quantitative estimate of drug-likeness (QED) is 0.921. The molecule has 1 amide bonds. The van der Waals surface area contributed by atoms with E-state index in [1.165, 1.54) is 23.5 Å². The minimum atomic E-state index is -0.612. The zero-order valence-electron chi connectivity index (χ0n) is 11.2.